The Morgan fingerprint density at radius 3 is 3.00 bits per heavy atom. The van der Waals surface area contributed by atoms with Crippen molar-refractivity contribution in [3.63, 3.8) is 0 Å². The van der Waals surface area contributed by atoms with Crippen LogP contribution >= 0.6 is 0 Å². The second kappa shape index (κ2) is 6.14. The Morgan fingerprint density at radius 2 is 2.29 bits per heavy atom. The third-order valence-corrected chi connectivity index (χ3v) is 3.09. The molecule has 2 rings (SSSR count). The average molecular weight is 239 g/mol. The van der Waals surface area contributed by atoms with E-state index in [0.29, 0.717) is 12.7 Å². The maximum absolute atomic E-state index is 5.83. The number of aromatic nitrogens is 1. The topological polar surface area (TPSA) is 50.5 Å². The standard InChI is InChI=1S/C12H21N3O2/c1-13-8-10-7-12(17-14-10)9-16-11-3-5-15(2)6-4-11/h7,11,13H,3-6,8-9H2,1-2H3. The Labute approximate surface area is 102 Å². The van der Waals surface area contributed by atoms with Crippen LogP contribution in [0.15, 0.2) is 10.6 Å². The van der Waals surface area contributed by atoms with E-state index in [2.05, 4.69) is 22.4 Å². The second-order valence-corrected chi connectivity index (χ2v) is 4.63. The fraction of sp³-hybridized carbons (Fsp3) is 0.750. The van der Waals surface area contributed by atoms with E-state index in [-0.39, 0.29) is 0 Å². The van der Waals surface area contributed by atoms with Crippen LogP contribution in [0.3, 0.4) is 0 Å². The van der Waals surface area contributed by atoms with Gasteiger partial charge in [-0.15, -0.1) is 0 Å². The SMILES string of the molecule is CNCc1cc(COC2CCN(C)CC2)on1. The molecule has 2 heterocycles. The number of likely N-dealkylation sites (tertiary alicyclic amines) is 1. The van der Waals surface area contributed by atoms with Gasteiger partial charge >= 0.3 is 0 Å². The van der Waals surface area contributed by atoms with Gasteiger partial charge in [-0.05, 0) is 26.9 Å². The lowest BCUT2D eigenvalue weighted by molar-refractivity contribution is -0.00652. The summed E-state index contributed by atoms with van der Waals surface area (Å²) in [6.45, 7) is 3.50. The Morgan fingerprint density at radius 1 is 1.53 bits per heavy atom. The minimum atomic E-state index is 0.365. The summed E-state index contributed by atoms with van der Waals surface area (Å²) < 4.78 is 11.0. The van der Waals surface area contributed by atoms with Gasteiger partial charge in [0, 0.05) is 25.7 Å². The van der Waals surface area contributed by atoms with E-state index in [0.717, 1.165) is 43.9 Å². The van der Waals surface area contributed by atoms with Gasteiger partial charge in [0.2, 0.25) is 0 Å². The molecule has 1 N–H and O–H groups in total. The predicted molar refractivity (Wildman–Crippen MR) is 64.6 cm³/mol. The summed E-state index contributed by atoms with van der Waals surface area (Å²) in [5, 5.41) is 6.99. The van der Waals surface area contributed by atoms with Gasteiger partial charge in [-0.1, -0.05) is 5.16 Å². The van der Waals surface area contributed by atoms with Crippen LogP contribution in [-0.4, -0.2) is 43.3 Å². The molecule has 0 radical (unpaired) electrons. The van der Waals surface area contributed by atoms with Gasteiger partial charge in [-0.3, -0.25) is 0 Å². The van der Waals surface area contributed by atoms with Crippen molar-refractivity contribution < 1.29 is 9.26 Å². The van der Waals surface area contributed by atoms with Crippen molar-refractivity contribution in [1.29, 1.82) is 0 Å². The number of hydrogen-bond acceptors (Lipinski definition) is 5. The van der Waals surface area contributed by atoms with E-state index in [9.17, 15) is 0 Å². The molecular formula is C12H21N3O2. The van der Waals surface area contributed by atoms with Gasteiger partial charge in [0.1, 0.15) is 6.61 Å². The maximum atomic E-state index is 5.83. The fourth-order valence-electron chi connectivity index (χ4n) is 2.04. The van der Waals surface area contributed by atoms with Crippen molar-refractivity contribution in [3.8, 4) is 0 Å². The minimum Gasteiger partial charge on any atom is -0.370 e. The highest BCUT2D eigenvalue weighted by atomic mass is 16.5. The summed E-state index contributed by atoms with van der Waals surface area (Å²) in [7, 11) is 4.04. The van der Waals surface area contributed by atoms with Crippen LogP contribution in [0.1, 0.15) is 24.3 Å². The zero-order valence-electron chi connectivity index (χ0n) is 10.6. The first-order chi connectivity index (χ1) is 8.28. The molecule has 1 aliphatic rings. The van der Waals surface area contributed by atoms with Gasteiger partial charge in [0.25, 0.3) is 0 Å². The van der Waals surface area contributed by atoms with Crippen LogP contribution in [-0.2, 0) is 17.9 Å². The van der Waals surface area contributed by atoms with Crippen molar-refractivity contribution in [3.05, 3.63) is 17.5 Å². The second-order valence-electron chi connectivity index (χ2n) is 4.63. The van der Waals surface area contributed by atoms with E-state index >= 15 is 0 Å². The van der Waals surface area contributed by atoms with Crippen molar-refractivity contribution in [1.82, 2.24) is 15.4 Å². The smallest absolute Gasteiger partial charge is 0.162 e. The molecule has 1 aromatic heterocycles. The number of rotatable bonds is 5. The van der Waals surface area contributed by atoms with Gasteiger partial charge in [-0.25, -0.2) is 0 Å². The first-order valence-corrected chi connectivity index (χ1v) is 6.17. The predicted octanol–water partition coefficient (Wildman–Crippen LogP) is 1.00. The third kappa shape index (κ3) is 3.80. The third-order valence-electron chi connectivity index (χ3n) is 3.09. The summed E-state index contributed by atoms with van der Waals surface area (Å²) >= 11 is 0. The van der Waals surface area contributed by atoms with Crippen molar-refractivity contribution in [2.45, 2.75) is 32.1 Å². The van der Waals surface area contributed by atoms with E-state index in [1.807, 2.05) is 13.1 Å². The molecule has 0 saturated carbocycles. The van der Waals surface area contributed by atoms with Crippen LogP contribution in [0.25, 0.3) is 0 Å². The van der Waals surface area contributed by atoms with Crippen molar-refractivity contribution >= 4 is 0 Å². The Bertz CT molecular complexity index is 332. The zero-order valence-corrected chi connectivity index (χ0v) is 10.6. The van der Waals surface area contributed by atoms with E-state index in [1.54, 1.807) is 0 Å². The van der Waals surface area contributed by atoms with Crippen LogP contribution < -0.4 is 5.32 Å². The summed E-state index contributed by atoms with van der Waals surface area (Å²) in [5.41, 5.74) is 0.925. The monoisotopic (exact) mass is 239 g/mol. The van der Waals surface area contributed by atoms with E-state index in [1.165, 1.54) is 0 Å². The lowest BCUT2D eigenvalue weighted by atomic mass is 10.1. The molecule has 1 aliphatic heterocycles. The molecule has 5 nitrogen and oxygen atoms in total. The molecule has 0 aromatic carbocycles. The molecule has 5 heteroatoms. The van der Waals surface area contributed by atoms with Gasteiger partial charge < -0.3 is 19.5 Å². The van der Waals surface area contributed by atoms with E-state index < -0.39 is 0 Å². The van der Waals surface area contributed by atoms with Crippen molar-refractivity contribution in [2.75, 3.05) is 27.2 Å². The Kier molecular flexibility index (Phi) is 4.53. The van der Waals surface area contributed by atoms with Gasteiger partial charge in [0.15, 0.2) is 5.76 Å². The van der Waals surface area contributed by atoms with Crippen LogP contribution in [0.5, 0.6) is 0 Å². The fourth-order valence-corrected chi connectivity index (χ4v) is 2.04. The number of nitrogens with one attached hydrogen (secondary N) is 1. The highest BCUT2D eigenvalue weighted by molar-refractivity contribution is 5.04. The minimum absolute atomic E-state index is 0.365. The molecule has 0 unspecified atom stereocenters. The molecule has 1 saturated heterocycles. The molecule has 0 amide bonds. The van der Waals surface area contributed by atoms with Gasteiger partial charge in [0.05, 0.1) is 11.8 Å². The lowest BCUT2D eigenvalue weighted by Crippen LogP contribution is -2.34. The number of hydrogen-bond donors (Lipinski definition) is 1. The number of ether oxygens (including phenoxy) is 1. The van der Waals surface area contributed by atoms with Gasteiger partial charge in [-0.2, -0.15) is 0 Å². The number of piperidine rings is 1. The summed E-state index contributed by atoms with van der Waals surface area (Å²) in [6, 6.07) is 1.95. The molecule has 1 fully saturated rings. The first-order valence-electron chi connectivity index (χ1n) is 6.17. The van der Waals surface area contributed by atoms with E-state index in [4.69, 9.17) is 9.26 Å². The van der Waals surface area contributed by atoms with Crippen LogP contribution in [0.2, 0.25) is 0 Å². The quantitative estimate of drug-likeness (QED) is 0.831. The molecule has 96 valence electrons. The highest BCUT2D eigenvalue weighted by Crippen LogP contribution is 2.14. The summed E-state index contributed by atoms with van der Waals surface area (Å²) in [6.07, 6.45) is 2.58. The lowest BCUT2D eigenvalue weighted by Gasteiger charge is -2.28. The molecule has 0 atom stereocenters. The Balaban J connectivity index is 1.73. The molecular weight excluding hydrogens is 218 g/mol. The summed E-state index contributed by atoms with van der Waals surface area (Å²) in [4.78, 5) is 2.33. The summed E-state index contributed by atoms with van der Waals surface area (Å²) in [5.74, 6) is 0.814. The highest BCUT2D eigenvalue weighted by Gasteiger charge is 2.17. The van der Waals surface area contributed by atoms with Crippen LogP contribution in [0.4, 0.5) is 0 Å². The normalized spacial score (nSPS) is 18.7. The largest absolute Gasteiger partial charge is 0.370 e. The Hall–Kier alpha value is -0.910. The molecule has 0 aliphatic carbocycles. The molecule has 0 spiro atoms. The molecule has 17 heavy (non-hydrogen) atoms. The molecule has 1 aromatic rings. The first kappa shape index (κ1) is 12.5. The van der Waals surface area contributed by atoms with Crippen LogP contribution in [0, 0.1) is 0 Å². The average Bonchev–Trinajstić information content (AvgIpc) is 2.77. The zero-order chi connectivity index (χ0) is 12.1. The van der Waals surface area contributed by atoms with Crippen molar-refractivity contribution in [2.24, 2.45) is 0 Å². The number of nitrogens with zero attached hydrogens (tertiary/aromatic N) is 2. The molecule has 0 bridgehead atoms. The maximum Gasteiger partial charge on any atom is 0.162 e.